The van der Waals surface area contributed by atoms with Gasteiger partial charge in [0.05, 0.1) is 11.7 Å². The van der Waals surface area contributed by atoms with Crippen LogP contribution < -0.4 is 5.32 Å². The van der Waals surface area contributed by atoms with Crippen molar-refractivity contribution in [1.82, 2.24) is 19.7 Å². The Morgan fingerprint density at radius 1 is 1.40 bits per heavy atom. The standard InChI is InChI=1S/C18H22N6O/c1-24-10-22-23-18(24)12-5-13(16(25)6-12)9-21-17-15(7-19)14-4-2-3-11(14)8-20-17/h8,10,12-13,16,25H,2-6,9H2,1H3,(H,20,21)/t12-,13+,16+/m0/s1. The van der Waals surface area contributed by atoms with Crippen molar-refractivity contribution >= 4 is 5.82 Å². The maximum absolute atomic E-state index is 10.4. The third-order valence-corrected chi connectivity index (χ3v) is 5.56. The molecule has 0 bridgehead atoms. The van der Waals surface area contributed by atoms with Crippen molar-refractivity contribution in [2.75, 3.05) is 11.9 Å². The smallest absolute Gasteiger partial charge is 0.144 e. The summed E-state index contributed by atoms with van der Waals surface area (Å²) in [6.07, 6.45) is 7.81. The molecule has 0 saturated heterocycles. The van der Waals surface area contributed by atoms with Crippen molar-refractivity contribution < 1.29 is 5.11 Å². The van der Waals surface area contributed by atoms with Gasteiger partial charge in [-0.25, -0.2) is 4.98 Å². The first-order valence-corrected chi connectivity index (χ1v) is 8.84. The number of nitrogens with one attached hydrogen (secondary N) is 1. The predicted octanol–water partition coefficient (Wildman–Crippen LogP) is 1.54. The lowest BCUT2D eigenvalue weighted by molar-refractivity contribution is 0.137. The van der Waals surface area contributed by atoms with Gasteiger partial charge in [0.15, 0.2) is 0 Å². The average molecular weight is 338 g/mol. The molecule has 2 N–H and O–H groups in total. The predicted molar refractivity (Wildman–Crippen MR) is 91.9 cm³/mol. The van der Waals surface area contributed by atoms with Crippen LogP contribution in [0.5, 0.6) is 0 Å². The Morgan fingerprint density at radius 3 is 3.04 bits per heavy atom. The number of aliphatic hydroxyl groups excluding tert-OH is 1. The maximum Gasteiger partial charge on any atom is 0.144 e. The molecule has 0 radical (unpaired) electrons. The van der Waals surface area contributed by atoms with Gasteiger partial charge in [-0.2, -0.15) is 5.26 Å². The topological polar surface area (TPSA) is 99.7 Å². The molecule has 2 aliphatic rings. The molecule has 25 heavy (non-hydrogen) atoms. The molecule has 0 aromatic carbocycles. The second-order valence-corrected chi connectivity index (χ2v) is 7.13. The molecule has 130 valence electrons. The van der Waals surface area contributed by atoms with Crippen LogP contribution in [0.4, 0.5) is 5.82 Å². The summed E-state index contributed by atoms with van der Waals surface area (Å²) in [5.74, 6) is 1.91. The Balaban J connectivity index is 1.46. The minimum atomic E-state index is -0.380. The first-order chi connectivity index (χ1) is 12.2. The van der Waals surface area contributed by atoms with E-state index in [1.807, 2.05) is 17.8 Å². The largest absolute Gasteiger partial charge is 0.393 e. The fraction of sp³-hybridized carbons (Fsp3) is 0.556. The van der Waals surface area contributed by atoms with Gasteiger partial charge >= 0.3 is 0 Å². The highest BCUT2D eigenvalue weighted by molar-refractivity contribution is 5.59. The van der Waals surface area contributed by atoms with Crippen LogP contribution in [0.2, 0.25) is 0 Å². The molecular weight excluding hydrogens is 316 g/mol. The normalized spacial score (nSPS) is 24.9. The van der Waals surface area contributed by atoms with E-state index in [2.05, 4.69) is 26.6 Å². The van der Waals surface area contributed by atoms with Crippen LogP contribution in [0.3, 0.4) is 0 Å². The summed E-state index contributed by atoms with van der Waals surface area (Å²) in [7, 11) is 1.93. The van der Waals surface area contributed by atoms with E-state index in [1.54, 1.807) is 6.33 Å². The highest BCUT2D eigenvalue weighted by Crippen LogP contribution is 2.38. The van der Waals surface area contributed by atoms with Gasteiger partial charge < -0.3 is 15.0 Å². The second kappa shape index (κ2) is 6.45. The molecule has 2 aromatic heterocycles. The molecule has 2 aliphatic carbocycles. The molecule has 1 fully saturated rings. The van der Waals surface area contributed by atoms with Gasteiger partial charge in [-0.15, -0.1) is 10.2 Å². The Hall–Kier alpha value is -2.46. The van der Waals surface area contributed by atoms with Gasteiger partial charge in [0.25, 0.3) is 0 Å². The van der Waals surface area contributed by atoms with Crippen molar-refractivity contribution in [3.05, 3.63) is 35.0 Å². The second-order valence-electron chi connectivity index (χ2n) is 7.13. The maximum atomic E-state index is 10.4. The minimum Gasteiger partial charge on any atom is -0.393 e. The lowest BCUT2D eigenvalue weighted by atomic mass is 10.0. The number of hydrogen-bond acceptors (Lipinski definition) is 6. The van der Waals surface area contributed by atoms with Crippen molar-refractivity contribution in [2.24, 2.45) is 13.0 Å². The molecule has 0 amide bonds. The number of aryl methyl sites for hydroxylation is 2. The number of aromatic nitrogens is 4. The van der Waals surface area contributed by atoms with Crippen LogP contribution in [0.15, 0.2) is 12.5 Å². The summed E-state index contributed by atoms with van der Waals surface area (Å²) in [5.41, 5.74) is 3.02. The third-order valence-electron chi connectivity index (χ3n) is 5.56. The Morgan fingerprint density at radius 2 is 2.28 bits per heavy atom. The molecule has 2 heterocycles. The highest BCUT2D eigenvalue weighted by atomic mass is 16.3. The van der Waals surface area contributed by atoms with E-state index in [-0.39, 0.29) is 17.9 Å². The van der Waals surface area contributed by atoms with Crippen LogP contribution in [-0.4, -0.2) is 37.5 Å². The molecule has 0 spiro atoms. The van der Waals surface area contributed by atoms with E-state index in [4.69, 9.17) is 0 Å². The van der Waals surface area contributed by atoms with Crippen LogP contribution in [0.1, 0.15) is 47.7 Å². The van der Waals surface area contributed by atoms with Gasteiger partial charge in [-0.3, -0.25) is 0 Å². The third kappa shape index (κ3) is 2.87. The number of rotatable bonds is 4. The number of fused-ring (bicyclic) bond motifs is 1. The summed E-state index contributed by atoms with van der Waals surface area (Å²) >= 11 is 0. The van der Waals surface area contributed by atoms with Gasteiger partial charge in [-0.05, 0) is 43.2 Å². The lowest BCUT2D eigenvalue weighted by Gasteiger charge is -2.17. The fourth-order valence-electron chi connectivity index (χ4n) is 4.22. The fourth-order valence-corrected chi connectivity index (χ4v) is 4.22. The SMILES string of the molecule is Cn1cnnc1[C@H]1C[C@H](CNc2ncc3c(c2C#N)CCC3)[C@H](O)C1. The minimum absolute atomic E-state index is 0.114. The molecule has 3 atom stereocenters. The monoisotopic (exact) mass is 338 g/mol. The van der Waals surface area contributed by atoms with Gasteiger partial charge in [-0.1, -0.05) is 0 Å². The van der Waals surface area contributed by atoms with Crippen LogP contribution in [0.25, 0.3) is 0 Å². The Labute approximate surface area is 146 Å². The number of nitrogens with zero attached hydrogens (tertiary/aromatic N) is 5. The zero-order valence-electron chi connectivity index (χ0n) is 14.3. The molecule has 4 rings (SSSR count). The van der Waals surface area contributed by atoms with Gasteiger partial charge in [0.1, 0.15) is 24.0 Å². The van der Waals surface area contributed by atoms with E-state index in [0.717, 1.165) is 37.1 Å². The lowest BCUT2D eigenvalue weighted by Crippen LogP contribution is -2.22. The van der Waals surface area contributed by atoms with Gasteiger partial charge in [0, 0.05) is 31.6 Å². The van der Waals surface area contributed by atoms with E-state index < -0.39 is 0 Å². The van der Waals surface area contributed by atoms with E-state index in [9.17, 15) is 10.4 Å². The molecule has 1 saturated carbocycles. The summed E-state index contributed by atoms with van der Waals surface area (Å²) in [5, 5.41) is 31.4. The van der Waals surface area contributed by atoms with Gasteiger partial charge in [0.2, 0.25) is 0 Å². The summed E-state index contributed by atoms with van der Waals surface area (Å²) in [6, 6.07) is 2.31. The van der Waals surface area contributed by atoms with Crippen LogP contribution in [0, 0.1) is 17.2 Å². The quantitative estimate of drug-likeness (QED) is 0.877. The summed E-state index contributed by atoms with van der Waals surface area (Å²) < 4.78 is 1.92. The summed E-state index contributed by atoms with van der Waals surface area (Å²) in [6.45, 7) is 0.607. The average Bonchev–Trinajstić information content (AvgIpc) is 3.32. The van der Waals surface area contributed by atoms with E-state index in [1.165, 1.54) is 5.56 Å². The van der Waals surface area contributed by atoms with Crippen LogP contribution >= 0.6 is 0 Å². The van der Waals surface area contributed by atoms with Crippen molar-refractivity contribution in [1.29, 1.82) is 5.26 Å². The Kier molecular flexibility index (Phi) is 4.14. The highest BCUT2D eigenvalue weighted by Gasteiger charge is 2.36. The van der Waals surface area contributed by atoms with Crippen LogP contribution in [-0.2, 0) is 19.9 Å². The zero-order chi connectivity index (χ0) is 17.4. The number of aliphatic hydroxyl groups is 1. The molecule has 7 nitrogen and oxygen atoms in total. The van der Waals surface area contributed by atoms with E-state index >= 15 is 0 Å². The van der Waals surface area contributed by atoms with E-state index in [0.29, 0.717) is 24.3 Å². The number of anilines is 1. The first-order valence-electron chi connectivity index (χ1n) is 8.84. The van der Waals surface area contributed by atoms with Crippen molar-refractivity contribution in [2.45, 2.75) is 44.1 Å². The molecule has 0 unspecified atom stereocenters. The number of hydrogen-bond donors (Lipinski definition) is 2. The molecule has 0 aliphatic heterocycles. The number of pyridine rings is 1. The molecular formula is C18H22N6O. The Bertz CT molecular complexity index is 823. The van der Waals surface area contributed by atoms with Crippen molar-refractivity contribution in [3.8, 4) is 6.07 Å². The molecule has 2 aromatic rings. The summed E-state index contributed by atoms with van der Waals surface area (Å²) in [4.78, 5) is 4.45. The zero-order valence-corrected chi connectivity index (χ0v) is 14.3. The van der Waals surface area contributed by atoms with Crippen molar-refractivity contribution in [3.63, 3.8) is 0 Å². The first kappa shape index (κ1) is 16.0. The number of nitriles is 1. The molecule has 7 heteroatoms.